The number of nitrogens with zero attached hydrogens (tertiary/aromatic N) is 3. The molecule has 0 aliphatic heterocycles. The Bertz CT molecular complexity index is 1180. The second-order valence-corrected chi connectivity index (χ2v) is 10.5. The third-order valence-corrected chi connectivity index (χ3v) is 7.34. The smallest absolute Gasteiger partial charge is 0.386 e. The minimum absolute atomic E-state index is 0.293. The van der Waals surface area contributed by atoms with Crippen LogP contribution in [0.5, 0.6) is 0 Å². The molecule has 176 valence electrons. The minimum Gasteiger partial charge on any atom is -0.386 e. The van der Waals surface area contributed by atoms with Crippen molar-refractivity contribution in [1.82, 2.24) is 15.0 Å². The van der Waals surface area contributed by atoms with Crippen LogP contribution in [-0.4, -0.2) is 31.2 Å². The van der Waals surface area contributed by atoms with E-state index in [1.54, 1.807) is 26.0 Å². The predicted molar refractivity (Wildman–Crippen MR) is 124 cm³/mol. The van der Waals surface area contributed by atoms with Crippen molar-refractivity contribution in [3.05, 3.63) is 46.5 Å². The first-order chi connectivity index (χ1) is 15.4. The van der Waals surface area contributed by atoms with Gasteiger partial charge in [-0.25, -0.2) is 15.0 Å². The van der Waals surface area contributed by atoms with E-state index in [1.165, 1.54) is 11.3 Å². The summed E-state index contributed by atoms with van der Waals surface area (Å²) in [4.78, 5) is 24.0. The minimum atomic E-state index is -4.77. The van der Waals surface area contributed by atoms with Crippen LogP contribution < -0.4 is 5.32 Å². The predicted octanol–water partition coefficient (Wildman–Crippen LogP) is 5.54. The standard InChI is InChI=1S/C22H23F3N4O2S2/c1-21(2,31)13-9-16-17(33-19(28-16)11-3-5-12(32)6-4-11)10-15(13)27-18(30)14-7-8-26-20(29-14)22(23,24)25/h7-12,31-32H,3-6H2,1-2H3,(H,27,30). The quantitative estimate of drug-likeness (QED) is 0.413. The first-order valence-corrected chi connectivity index (χ1v) is 11.8. The van der Waals surface area contributed by atoms with Gasteiger partial charge in [-0.1, -0.05) is 0 Å². The Labute approximate surface area is 198 Å². The summed E-state index contributed by atoms with van der Waals surface area (Å²) in [6.45, 7) is 3.13. The second-order valence-electron chi connectivity index (χ2n) is 8.70. The van der Waals surface area contributed by atoms with Crippen LogP contribution in [0.25, 0.3) is 10.2 Å². The molecule has 3 aromatic rings. The van der Waals surface area contributed by atoms with Crippen molar-refractivity contribution in [2.45, 2.75) is 62.5 Å². The lowest BCUT2D eigenvalue weighted by atomic mass is 9.89. The van der Waals surface area contributed by atoms with Crippen molar-refractivity contribution in [2.24, 2.45) is 0 Å². The molecule has 6 nitrogen and oxygen atoms in total. The molecule has 1 fully saturated rings. The number of alkyl halides is 3. The van der Waals surface area contributed by atoms with Crippen LogP contribution in [0.15, 0.2) is 24.4 Å². The molecule has 0 saturated heterocycles. The van der Waals surface area contributed by atoms with Gasteiger partial charge in [0.05, 0.1) is 20.8 Å². The summed E-state index contributed by atoms with van der Waals surface area (Å²) in [6.07, 6.45) is 0.187. The van der Waals surface area contributed by atoms with Crippen LogP contribution in [0.4, 0.5) is 18.9 Å². The number of halogens is 3. The lowest BCUT2D eigenvalue weighted by Crippen LogP contribution is -2.22. The van der Waals surface area contributed by atoms with E-state index < -0.39 is 29.2 Å². The Hall–Kier alpha value is -2.24. The summed E-state index contributed by atoms with van der Waals surface area (Å²) in [7, 11) is 0. The molecule has 1 aromatic carbocycles. The molecule has 33 heavy (non-hydrogen) atoms. The van der Waals surface area contributed by atoms with Crippen LogP contribution in [0, 0.1) is 0 Å². The van der Waals surface area contributed by atoms with E-state index in [0.717, 1.165) is 47.7 Å². The molecule has 1 amide bonds. The van der Waals surface area contributed by atoms with Crippen molar-refractivity contribution in [3.8, 4) is 0 Å². The number of thiazole rings is 1. The Balaban J connectivity index is 1.68. The van der Waals surface area contributed by atoms with Crippen LogP contribution in [0.2, 0.25) is 0 Å². The molecular weight excluding hydrogens is 473 g/mol. The summed E-state index contributed by atoms with van der Waals surface area (Å²) in [5, 5.41) is 14.7. The van der Waals surface area contributed by atoms with Crippen molar-refractivity contribution >= 4 is 45.8 Å². The Kier molecular flexibility index (Phi) is 6.41. The number of carbonyl (C=O) groups excluding carboxylic acids is 1. The van der Waals surface area contributed by atoms with E-state index in [-0.39, 0.29) is 0 Å². The molecule has 1 aliphatic rings. The van der Waals surface area contributed by atoms with E-state index in [1.807, 2.05) is 0 Å². The Morgan fingerprint density at radius 3 is 2.52 bits per heavy atom. The molecule has 0 spiro atoms. The van der Waals surface area contributed by atoms with Gasteiger partial charge in [0.2, 0.25) is 5.82 Å². The van der Waals surface area contributed by atoms with Gasteiger partial charge in [-0.05, 0) is 57.7 Å². The summed E-state index contributed by atoms with van der Waals surface area (Å²) < 4.78 is 39.6. The molecule has 0 unspecified atom stereocenters. The fourth-order valence-electron chi connectivity index (χ4n) is 3.91. The summed E-state index contributed by atoms with van der Waals surface area (Å²) in [5.74, 6) is -1.88. The average Bonchev–Trinajstić information content (AvgIpc) is 3.15. The van der Waals surface area contributed by atoms with Crippen LogP contribution in [-0.2, 0) is 11.8 Å². The van der Waals surface area contributed by atoms with Gasteiger partial charge in [-0.15, -0.1) is 11.3 Å². The lowest BCUT2D eigenvalue weighted by Gasteiger charge is -2.23. The summed E-state index contributed by atoms with van der Waals surface area (Å²) in [5.41, 5.74) is -0.342. The molecule has 0 bridgehead atoms. The van der Waals surface area contributed by atoms with Gasteiger partial charge in [0.25, 0.3) is 5.91 Å². The van der Waals surface area contributed by atoms with Gasteiger partial charge in [-0.3, -0.25) is 4.79 Å². The van der Waals surface area contributed by atoms with Gasteiger partial charge in [0.15, 0.2) is 0 Å². The van der Waals surface area contributed by atoms with E-state index in [4.69, 9.17) is 4.98 Å². The van der Waals surface area contributed by atoms with Crippen molar-refractivity contribution in [1.29, 1.82) is 0 Å². The van der Waals surface area contributed by atoms with Crippen molar-refractivity contribution < 1.29 is 23.1 Å². The van der Waals surface area contributed by atoms with E-state index in [0.29, 0.717) is 27.9 Å². The monoisotopic (exact) mass is 496 g/mol. The highest BCUT2D eigenvalue weighted by Crippen LogP contribution is 2.40. The lowest BCUT2D eigenvalue weighted by molar-refractivity contribution is -0.145. The molecule has 0 radical (unpaired) electrons. The number of amides is 1. The molecule has 1 saturated carbocycles. The fraction of sp³-hybridized carbons (Fsp3) is 0.455. The second kappa shape index (κ2) is 8.84. The van der Waals surface area contributed by atoms with Crippen LogP contribution in [0.1, 0.15) is 72.3 Å². The fourth-order valence-corrected chi connectivity index (χ4v) is 5.36. The molecular formula is C22H23F3N4O2S2. The highest BCUT2D eigenvalue weighted by atomic mass is 32.1. The topological polar surface area (TPSA) is 88.0 Å². The SMILES string of the molecule is CC(C)(O)c1cc2nc(C3CCC(S)CC3)sc2cc1NC(=O)c1ccnc(C(F)(F)F)n1. The van der Waals surface area contributed by atoms with Crippen molar-refractivity contribution in [2.75, 3.05) is 5.32 Å². The third kappa shape index (κ3) is 5.30. The number of hydrogen-bond donors (Lipinski definition) is 3. The summed E-state index contributed by atoms with van der Waals surface area (Å²) >= 11 is 6.07. The van der Waals surface area contributed by atoms with Crippen LogP contribution in [0.3, 0.4) is 0 Å². The first-order valence-electron chi connectivity index (χ1n) is 10.5. The van der Waals surface area contributed by atoms with E-state index in [2.05, 4.69) is 27.9 Å². The molecule has 4 rings (SSSR count). The zero-order valence-corrected chi connectivity index (χ0v) is 19.7. The molecule has 2 N–H and O–H groups in total. The zero-order valence-electron chi connectivity index (χ0n) is 18.0. The van der Waals surface area contributed by atoms with Gasteiger partial charge >= 0.3 is 6.18 Å². The first kappa shape index (κ1) is 23.9. The highest BCUT2D eigenvalue weighted by Gasteiger charge is 2.35. The number of thiol groups is 1. The van der Waals surface area contributed by atoms with E-state index >= 15 is 0 Å². The normalized spacial score (nSPS) is 19.6. The van der Waals surface area contributed by atoms with Gasteiger partial charge in [0, 0.05) is 28.6 Å². The zero-order chi connectivity index (χ0) is 24.0. The maximum absolute atomic E-state index is 12.9. The number of nitrogens with one attached hydrogen (secondary N) is 1. The number of carbonyl (C=O) groups is 1. The number of aromatic nitrogens is 3. The van der Waals surface area contributed by atoms with Crippen molar-refractivity contribution in [3.63, 3.8) is 0 Å². The third-order valence-electron chi connectivity index (χ3n) is 5.64. The number of fused-ring (bicyclic) bond motifs is 1. The van der Waals surface area contributed by atoms with Gasteiger partial charge in [0.1, 0.15) is 5.69 Å². The Morgan fingerprint density at radius 1 is 1.18 bits per heavy atom. The maximum atomic E-state index is 12.9. The van der Waals surface area contributed by atoms with Crippen LogP contribution >= 0.6 is 24.0 Å². The molecule has 0 atom stereocenters. The molecule has 11 heteroatoms. The average molecular weight is 497 g/mol. The molecule has 2 heterocycles. The number of aliphatic hydroxyl groups is 1. The van der Waals surface area contributed by atoms with E-state index in [9.17, 15) is 23.1 Å². The molecule has 2 aromatic heterocycles. The Morgan fingerprint density at radius 2 is 1.88 bits per heavy atom. The largest absolute Gasteiger partial charge is 0.451 e. The number of hydrogen-bond acceptors (Lipinski definition) is 7. The maximum Gasteiger partial charge on any atom is 0.451 e. The highest BCUT2D eigenvalue weighted by molar-refractivity contribution is 7.80. The number of anilines is 1. The van der Waals surface area contributed by atoms with Gasteiger partial charge in [-0.2, -0.15) is 25.8 Å². The molecule has 1 aliphatic carbocycles. The number of rotatable bonds is 4. The van der Waals surface area contributed by atoms with Gasteiger partial charge < -0.3 is 10.4 Å². The summed E-state index contributed by atoms with van der Waals surface area (Å²) in [6, 6.07) is 4.53. The number of benzene rings is 1.